The minimum Gasteiger partial charge on any atom is -0.497 e. The van der Waals surface area contributed by atoms with E-state index in [1.165, 1.54) is 0 Å². The van der Waals surface area contributed by atoms with Crippen LogP contribution in [0.1, 0.15) is 25.8 Å². The minimum absolute atomic E-state index is 0.266. The molecular weight excluding hydrogens is 354 g/mol. The average molecular weight is 377 g/mol. The number of rotatable bonds is 8. The number of amides is 4. The van der Waals surface area contributed by atoms with Gasteiger partial charge in [0, 0.05) is 6.54 Å². The molecule has 2 N–H and O–H groups in total. The van der Waals surface area contributed by atoms with E-state index in [0.717, 1.165) is 10.5 Å². The molecule has 146 valence electrons. The Bertz CT molecular complexity index is 733. The quantitative estimate of drug-likeness (QED) is 0.506. The first kappa shape index (κ1) is 20.2. The Morgan fingerprint density at radius 1 is 1.22 bits per heavy atom. The van der Waals surface area contributed by atoms with Crippen LogP contribution >= 0.6 is 0 Å². The summed E-state index contributed by atoms with van der Waals surface area (Å²) in [5.41, 5.74) is -0.165. The molecule has 0 aliphatic carbocycles. The second-order valence-electron chi connectivity index (χ2n) is 6.29. The van der Waals surface area contributed by atoms with Crippen LogP contribution in [0.15, 0.2) is 24.3 Å². The van der Waals surface area contributed by atoms with E-state index in [0.29, 0.717) is 12.2 Å². The van der Waals surface area contributed by atoms with Crippen LogP contribution in [0.4, 0.5) is 4.79 Å². The lowest BCUT2D eigenvalue weighted by molar-refractivity contribution is -0.151. The Hall–Kier alpha value is -3.10. The third-order valence-corrected chi connectivity index (χ3v) is 4.35. The van der Waals surface area contributed by atoms with Gasteiger partial charge in [-0.25, -0.2) is 4.79 Å². The highest BCUT2D eigenvalue weighted by Crippen LogP contribution is 2.20. The van der Waals surface area contributed by atoms with Gasteiger partial charge < -0.3 is 20.1 Å². The molecule has 0 spiro atoms. The van der Waals surface area contributed by atoms with Crippen molar-refractivity contribution in [3.05, 3.63) is 29.8 Å². The molecule has 0 unspecified atom stereocenters. The number of imide groups is 1. The maximum atomic E-state index is 12.2. The molecule has 2 rings (SSSR count). The van der Waals surface area contributed by atoms with Crippen molar-refractivity contribution in [3.8, 4) is 5.75 Å². The van der Waals surface area contributed by atoms with Crippen molar-refractivity contribution >= 4 is 23.8 Å². The maximum Gasteiger partial charge on any atom is 0.326 e. The van der Waals surface area contributed by atoms with Crippen LogP contribution in [-0.4, -0.2) is 54.5 Å². The zero-order valence-corrected chi connectivity index (χ0v) is 15.5. The lowest BCUT2D eigenvalue weighted by Crippen LogP contribution is -2.43. The Labute approximate surface area is 157 Å². The lowest BCUT2D eigenvalue weighted by atomic mass is 9.99. The zero-order valence-electron chi connectivity index (χ0n) is 15.5. The van der Waals surface area contributed by atoms with Gasteiger partial charge in [0.25, 0.3) is 11.8 Å². The molecule has 9 nitrogen and oxygen atoms in total. The summed E-state index contributed by atoms with van der Waals surface area (Å²) < 4.78 is 9.89. The monoisotopic (exact) mass is 377 g/mol. The molecule has 0 radical (unpaired) electrons. The number of carbonyl (C=O) groups excluding carboxylic acids is 4. The summed E-state index contributed by atoms with van der Waals surface area (Å²) in [6.45, 7) is 2.58. The molecule has 1 saturated heterocycles. The van der Waals surface area contributed by atoms with Crippen LogP contribution in [0.2, 0.25) is 0 Å². The van der Waals surface area contributed by atoms with Crippen molar-refractivity contribution in [2.24, 2.45) is 0 Å². The number of urea groups is 1. The van der Waals surface area contributed by atoms with Crippen molar-refractivity contribution in [2.75, 3.05) is 20.3 Å². The molecule has 1 fully saturated rings. The molecule has 4 amide bonds. The van der Waals surface area contributed by atoms with E-state index < -0.39 is 42.5 Å². The second-order valence-corrected chi connectivity index (χ2v) is 6.29. The summed E-state index contributed by atoms with van der Waals surface area (Å²) >= 11 is 0. The molecule has 0 saturated carbocycles. The largest absolute Gasteiger partial charge is 0.497 e. The summed E-state index contributed by atoms with van der Waals surface area (Å²) in [5.74, 6) is -1.11. The molecule has 1 aliphatic heterocycles. The van der Waals surface area contributed by atoms with Crippen molar-refractivity contribution < 1.29 is 28.7 Å². The predicted molar refractivity (Wildman–Crippen MR) is 94.7 cm³/mol. The summed E-state index contributed by atoms with van der Waals surface area (Å²) in [7, 11) is 1.56. The SMILES string of the molecule is CC[C@@]1(C)NC(=O)N(CC(=O)OCC(=O)NCc2ccc(OC)cc2)C1=O. The number of methoxy groups -OCH3 is 1. The second kappa shape index (κ2) is 8.52. The van der Waals surface area contributed by atoms with Crippen LogP contribution in [0.5, 0.6) is 5.75 Å². The van der Waals surface area contributed by atoms with Gasteiger partial charge in [-0.1, -0.05) is 19.1 Å². The number of esters is 1. The number of ether oxygens (including phenoxy) is 2. The number of carbonyl (C=O) groups is 4. The fraction of sp³-hybridized carbons (Fsp3) is 0.444. The van der Waals surface area contributed by atoms with E-state index in [1.807, 2.05) is 0 Å². The molecule has 27 heavy (non-hydrogen) atoms. The minimum atomic E-state index is -1.02. The van der Waals surface area contributed by atoms with E-state index in [2.05, 4.69) is 10.6 Å². The van der Waals surface area contributed by atoms with Gasteiger partial charge in [0.05, 0.1) is 7.11 Å². The Balaban J connectivity index is 1.75. The molecule has 1 aromatic rings. The average Bonchev–Trinajstić information content (AvgIpc) is 2.88. The van der Waals surface area contributed by atoms with Gasteiger partial charge in [-0.05, 0) is 31.0 Å². The van der Waals surface area contributed by atoms with Gasteiger partial charge >= 0.3 is 12.0 Å². The Morgan fingerprint density at radius 3 is 2.44 bits per heavy atom. The first-order valence-corrected chi connectivity index (χ1v) is 8.48. The highest BCUT2D eigenvalue weighted by Gasteiger charge is 2.47. The molecular formula is C18H23N3O6. The molecule has 1 heterocycles. The van der Waals surface area contributed by atoms with Crippen molar-refractivity contribution in [1.82, 2.24) is 15.5 Å². The topological polar surface area (TPSA) is 114 Å². The van der Waals surface area contributed by atoms with Crippen LogP contribution in [0, 0.1) is 0 Å². The fourth-order valence-corrected chi connectivity index (χ4v) is 2.45. The third kappa shape index (κ3) is 4.96. The summed E-state index contributed by atoms with van der Waals surface area (Å²) in [4.78, 5) is 48.5. The predicted octanol–water partition coefficient (Wildman–Crippen LogP) is 0.575. The van der Waals surface area contributed by atoms with E-state index in [1.54, 1.807) is 45.2 Å². The van der Waals surface area contributed by atoms with Crippen LogP contribution in [0.25, 0.3) is 0 Å². The van der Waals surface area contributed by atoms with Crippen molar-refractivity contribution in [3.63, 3.8) is 0 Å². The van der Waals surface area contributed by atoms with Gasteiger partial charge in [-0.3, -0.25) is 19.3 Å². The van der Waals surface area contributed by atoms with Gasteiger partial charge in [-0.15, -0.1) is 0 Å². The fourth-order valence-electron chi connectivity index (χ4n) is 2.45. The number of benzene rings is 1. The lowest BCUT2D eigenvalue weighted by Gasteiger charge is -2.18. The smallest absolute Gasteiger partial charge is 0.326 e. The highest BCUT2D eigenvalue weighted by atomic mass is 16.5. The molecule has 1 aliphatic rings. The van der Waals surface area contributed by atoms with Gasteiger partial charge in [0.2, 0.25) is 0 Å². The van der Waals surface area contributed by atoms with E-state index in [9.17, 15) is 19.2 Å². The highest BCUT2D eigenvalue weighted by molar-refractivity contribution is 6.08. The number of nitrogens with one attached hydrogen (secondary N) is 2. The van der Waals surface area contributed by atoms with Gasteiger partial charge in [0.15, 0.2) is 6.61 Å². The molecule has 9 heteroatoms. The summed E-state index contributed by atoms with van der Waals surface area (Å²) in [5, 5.41) is 5.15. The summed E-state index contributed by atoms with van der Waals surface area (Å²) in [6, 6.07) is 6.49. The van der Waals surface area contributed by atoms with Crippen LogP contribution in [-0.2, 0) is 25.7 Å². The van der Waals surface area contributed by atoms with Crippen molar-refractivity contribution in [1.29, 1.82) is 0 Å². The standard InChI is InChI=1S/C18H23N3O6/c1-4-18(2)16(24)21(17(25)20-18)10-15(23)27-11-14(22)19-9-12-5-7-13(26-3)8-6-12/h5-8H,4,9-11H2,1-3H3,(H,19,22)(H,20,25)/t18-/m1/s1. The molecule has 0 aromatic heterocycles. The van der Waals surface area contributed by atoms with Crippen LogP contribution in [0.3, 0.4) is 0 Å². The maximum absolute atomic E-state index is 12.2. The van der Waals surface area contributed by atoms with E-state index in [4.69, 9.17) is 9.47 Å². The van der Waals surface area contributed by atoms with E-state index >= 15 is 0 Å². The van der Waals surface area contributed by atoms with Crippen molar-refractivity contribution in [2.45, 2.75) is 32.4 Å². The third-order valence-electron chi connectivity index (χ3n) is 4.35. The molecule has 1 atom stereocenters. The molecule has 1 aromatic carbocycles. The Morgan fingerprint density at radius 2 is 1.89 bits per heavy atom. The number of nitrogens with zero attached hydrogens (tertiary/aromatic N) is 1. The first-order chi connectivity index (χ1) is 12.8. The van der Waals surface area contributed by atoms with Gasteiger partial charge in [-0.2, -0.15) is 0 Å². The number of hydrogen-bond donors (Lipinski definition) is 2. The van der Waals surface area contributed by atoms with E-state index in [-0.39, 0.29) is 6.54 Å². The summed E-state index contributed by atoms with van der Waals surface area (Å²) in [6.07, 6.45) is 0.400. The Kier molecular flexibility index (Phi) is 6.38. The molecule has 0 bridgehead atoms. The first-order valence-electron chi connectivity index (χ1n) is 8.48. The zero-order chi connectivity index (χ0) is 20.0. The van der Waals surface area contributed by atoms with Gasteiger partial charge in [0.1, 0.15) is 17.8 Å². The number of hydrogen-bond acceptors (Lipinski definition) is 6. The normalized spacial score (nSPS) is 18.9. The van der Waals surface area contributed by atoms with Crippen LogP contribution < -0.4 is 15.4 Å².